The molecule has 0 aliphatic carbocycles. The predicted octanol–water partition coefficient (Wildman–Crippen LogP) is 3.64. The Labute approximate surface area is 172 Å². The number of nitrogens with zero attached hydrogens (tertiary/aromatic N) is 3. The normalized spacial score (nSPS) is 11.1. The van der Waals surface area contributed by atoms with Crippen LogP contribution in [0.5, 0.6) is 5.75 Å². The molecule has 1 N–H and O–H groups in total. The maximum atomic E-state index is 12.4. The van der Waals surface area contributed by atoms with Crippen LogP contribution in [0.4, 0.5) is 0 Å². The zero-order valence-electron chi connectivity index (χ0n) is 16.9. The number of carbonyl (C=O) groups is 1. The summed E-state index contributed by atoms with van der Waals surface area (Å²) in [5, 5.41) is 18.2. The average Bonchev–Trinajstić information content (AvgIpc) is 3.37. The minimum atomic E-state index is -0.396. The molecule has 0 saturated heterocycles. The third-order valence-corrected chi connectivity index (χ3v) is 4.80. The number of aromatic nitrogens is 3. The highest BCUT2D eigenvalue weighted by Crippen LogP contribution is 2.36. The highest BCUT2D eigenvalue weighted by Gasteiger charge is 2.22. The molecule has 8 heteroatoms. The summed E-state index contributed by atoms with van der Waals surface area (Å²) in [6.07, 6.45) is 1.78. The van der Waals surface area contributed by atoms with Crippen molar-refractivity contribution in [3.63, 3.8) is 0 Å². The molecule has 0 radical (unpaired) electrons. The van der Waals surface area contributed by atoms with Gasteiger partial charge in [0.1, 0.15) is 23.7 Å². The van der Waals surface area contributed by atoms with Crippen molar-refractivity contribution in [3.05, 3.63) is 59.5 Å². The van der Waals surface area contributed by atoms with E-state index in [1.807, 2.05) is 31.2 Å². The molecule has 0 fully saturated rings. The van der Waals surface area contributed by atoms with Gasteiger partial charge in [-0.2, -0.15) is 5.10 Å². The van der Waals surface area contributed by atoms with Crippen molar-refractivity contribution < 1.29 is 23.9 Å². The van der Waals surface area contributed by atoms with Crippen molar-refractivity contribution in [1.82, 2.24) is 14.8 Å². The molecule has 0 bridgehead atoms. The summed E-state index contributed by atoms with van der Waals surface area (Å²) >= 11 is 0. The first-order valence-corrected chi connectivity index (χ1v) is 9.47. The lowest BCUT2D eigenvalue weighted by Crippen LogP contribution is -2.08. The molecule has 30 heavy (non-hydrogen) atoms. The Balaban J connectivity index is 1.97. The summed E-state index contributed by atoms with van der Waals surface area (Å²) in [6.45, 7) is 3.62. The van der Waals surface area contributed by atoms with Crippen LogP contribution in [0.15, 0.2) is 47.1 Å². The zero-order chi connectivity index (χ0) is 21.3. The van der Waals surface area contributed by atoms with Crippen LogP contribution in [0.3, 0.4) is 0 Å². The lowest BCUT2D eigenvalue weighted by molar-refractivity contribution is 0.0525. The summed E-state index contributed by atoms with van der Waals surface area (Å²) < 4.78 is 17.4. The van der Waals surface area contributed by atoms with Crippen LogP contribution in [-0.2, 0) is 11.3 Å². The maximum Gasteiger partial charge on any atom is 0.338 e. The monoisotopic (exact) mass is 407 g/mol. The predicted molar refractivity (Wildman–Crippen MR) is 109 cm³/mol. The summed E-state index contributed by atoms with van der Waals surface area (Å²) in [6, 6.07) is 10.9. The number of ether oxygens (including phenoxy) is 2. The Morgan fingerprint density at radius 3 is 2.63 bits per heavy atom. The molecular formula is C22H21N3O5. The second-order valence-corrected chi connectivity index (χ2v) is 6.71. The summed E-state index contributed by atoms with van der Waals surface area (Å²) in [5.41, 5.74) is 4.58. The molecular weight excluding hydrogens is 386 g/mol. The van der Waals surface area contributed by atoms with Crippen molar-refractivity contribution in [3.8, 4) is 28.3 Å². The van der Waals surface area contributed by atoms with Crippen LogP contribution in [0, 0.1) is 6.92 Å². The number of hydrogen-bond acceptors (Lipinski definition) is 7. The molecule has 0 spiro atoms. The number of aliphatic hydroxyl groups excluding tert-OH is 1. The van der Waals surface area contributed by atoms with Crippen LogP contribution in [0.1, 0.15) is 28.6 Å². The minimum absolute atomic E-state index is 0.267. The molecule has 0 unspecified atom stereocenters. The summed E-state index contributed by atoms with van der Waals surface area (Å²) in [7, 11) is 1.61. The number of aliphatic hydroxyl groups is 1. The first-order valence-electron chi connectivity index (χ1n) is 9.47. The average molecular weight is 407 g/mol. The third-order valence-electron chi connectivity index (χ3n) is 4.80. The van der Waals surface area contributed by atoms with Gasteiger partial charge in [-0.1, -0.05) is 5.16 Å². The number of aryl methyl sites for hydroxylation is 1. The number of fused-ring (bicyclic) bond motifs is 1. The molecule has 8 nitrogen and oxygen atoms in total. The van der Waals surface area contributed by atoms with E-state index in [1.165, 1.54) is 0 Å². The smallest absolute Gasteiger partial charge is 0.338 e. The number of rotatable bonds is 6. The van der Waals surface area contributed by atoms with E-state index in [9.17, 15) is 9.90 Å². The summed E-state index contributed by atoms with van der Waals surface area (Å²) in [5.74, 6) is 0.670. The van der Waals surface area contributed by atoms with Crippen LogP contribution >= 0.6 is 0 Å². The molecule has 3 aromatic heterocycles. The molecule has 0 aliphatic heterocycles. The topological polar surface area (TPSA) is 99.1 Å². The number of benzene rings is 1. The SMILES string of the molecule is CCOC(=O)c1cc2c(-c3cc(CO)on3)c(-c3ccc(OC)cc3)nn2cc1C. The Bertz CT molecular complexity index is 1210. The number of carbonyl (C=O) groups excluding carboxylic acids is 1. The van der Waals surface area contributed by atoms with E-state index in [0.717, 1.165) is 16.9 Å². The molecule has 154 valence electrons. The Kier molecular flexibility index (Phi) is 5.24. The van der Waals surface area contributed by atoms with Crippen LogP contribution in [-0.4, -0.2) is 39.6 Å². The number of pyridine rings is 1. The third kappa shape index (κ3) is 3.42. The fourth-order valence-electron chi connectivity index (χ4n) is 3.33. The van der Waals surface area contributed by atoms with E-state index in [0.29, 0.717) is 33.8 Å². The van der Waals surface area contributed by atoms with Gasteiger partial charge < -0.3 is 19.1 Å². The van der Waals surface area contributed by atoms with Gasteiger partial charge in [0, 0.05) is 17.8 Å². The van der Waals surface area contributed by atoms with Crippen molar-refractivity contribution in [2.24, 2.45) is 0 Å². The molecule has 0 atom stereocenters. The number of hydrogen-bond donors (Lipinski definition) is 1. The summed E-state index contributed by atoms with van der Waals surface area (Å²) in [4.78, 5) is 12.4. The van der Waals surface area contributed by atoms with Crippen molar-refractivity contribution >= 4 is 11.5 Å². The molecule has 3 heterocycles. The van der Waals surface area contributed by atoms with Gasteiger partial charge in [-0.25, -0.2) is 9.31 Å². The van der Waals surface area contributed by atoms with Crippen LogP contribution in [0.25, 0.3) is 28.0 Å². The van der Waals surface area contributed by atoms with Gasteiger partial charge in [0.2, 0.25) is 0 Å². The molecule has 4 aromatic rings. The second-order valence-electron chi connectivity index (χ2n) is 6.71. The van der Waals surface area contributed by atoms with E-state index in [2.05, 4.69) is 5.16 Å². The molecule has 4 rings (SSSR count). The number of methoxy groups -OCH3 is 1. The highest BCUT2D eigenvalue weighted by molar-refractivity contribution is 5.97. The molecule has 0 saturated carbocycles. The van der Waals surface area contributed by atoms with Crippen molar-refractivity contribution in [1.29, 1.82) is 0 Å². The van der Waals surface area contributed by atoms with Crippen molar-refractivity contribution in [2.45, 2.75) is 20.5 Å². The molecule has 0 amide bonds. The number of esters is 1. The standard InChI is InChI=1S/C22H21N3O5/c1-4-29-22(27)17-10-19-20(18-9-16(12-26)30-24-18)21(23-25(19)11-13(17)2)14-5-7-15(28-3)8-6-14/h5-11,26H,4,12H2,1-3H3. The van der Waals surface area contributed by atoms with E-state index < -0.39 is 5.97 Å². The first-order chi connectivity index (χ1) is 14.5. The van der Waals surface area contributed by atoms with Crippen molar-refractivity contribution in [2.75, 3.05) is 13.7 Å². The van der Waals surface area contributed by atoms with E-state index in [1.54, 1.807) is 36.9 Å². The van der Waals surface area contributed by atoms with Gasteiger partial charge in [-0.3, -0.25) is 0 Å². The van der Waals surface area contributed by atoms with Gasteiger partial charge in [0.25, 0.3) is 0 Å². The maximum absolute atomic E-state index is 12.4. The van der Waals surface area contributed by atoms with E-state index >= 15 is 0 Å². The quantitative estimate of drug-likeness (QED) is 0.487. The van der Waals surface area contributed by atoms with Crippen LogP contribution in [0.2, 0.25) is 0 Å². The second kappa shape index (κ2) is 8.00. The zero-order valence-corrected chi connectivity index (χ0v) is 16.9. The molecule has 1 aromatic carbocycles. The van der Waals surface area contributed by atoms with Gasteiger partial charge in [-0.05, 0) is 49.7 Å². The Morgan fingerprint density at radius 2 is 2.00 bits per heavy atom. The van der Waals surface area contributed by atoms with Gasteiger partial charge >= 0.3 is 5.97 Å². The Hall–Kier alpha value is -3.65. The van der Waals surface area contributed by atoms with Crippen LogP contribution < -0.4 is 4.74 Å². The van der Waals surface area contributed by atoms with E-state index in [-0.39, 0.29) is 13.2 Å². The highest BCUT2D eigenvalue weighted by atomic mass is 16.5. The lowest BCUT2D eigenvalue weighted by atomic mass is 10.0. The minimum Gasteiger partial charge on any atom is -0.497 e. The largest absolute Gasteiger partial charge is 0.497 e. The first kappa shape index (κ1) is 19.7. The van der Waals surface area contributed by atoms with E-state index in [4.69, 9.17) is 19.1 Å². The fourth-order valence-corrected chi connectivity index (χ4v) is 3.33. The van der Waals surface area contributed by atoms with Gasteiger partial charge in [-0.15, -0.1) is 0 Å². The Morgan fingerprint density at radius 1 is 1.23 bits per heavy atom. The van der Waals surface area contributed by atoms with Gasteiger partial charge in [0.15, 0.2) is 5.76 Å². The van der Waals surface area contributed by atoms with Gasteiger partial charge in [0.05, 0.1) is 30.4 Å². The lowest BCUT2D eigenvalue weighted by Gasteiger charge is -2.06. The fraction of sp³-hybridized carbons (Fsp3) is 0.227. The molecule has 0 aliphatic rings.